The minimum Gasteiger partial charge on any atom is -0.366 e. The summed E-state index contributed by atoms with van der Waals surface area (Å²) in [7, 11) is 1.67. The summed E-state index contributed by atoms with van der Waals surface area (Å²) in [5.74, 6) is -0.432. The summed E-state index contributed by atoms with van der Waals surface area (Å²) < 4.78 is 38.7. The van der Waals surface area contributed by atoms with E-state index in [0.717, 1.165) is 28.4 Å². The van der Waals surface area contributed by atoms with Gasteiger partial charge in [0, 0.05) is 19.4 Å². The van der Waals surface area contributed by atoms with Crippen molar-refractivity contribution in [2.75, 3.05) is 11.9 Å². The second-order valence-corrected chi connectivity index (χ2v) is 6.20. The summed E-state index contributed by atoms with van der Waals surface area (Å²) in [4.78, 5) is 17.4. The molecule has 0 fully saturated rings. The number of nitrogens with one attached hydrogen (secondary N) is 2. The van der Waals surface area contributed by atoms with Crippen molar-refractivity contribution in [3.05, 3.63) is 40.9 Å². The van der Waals surface area contributed by atoms with Crippen molar-refractivity contribution in [2.45, 2.75) is 19.6 Å². The van der Waals surface area contributed by atoms with E-state index in [0.29, 0.717) is 22.5 Å². The van der Waals surface area contributed by atoms with E-state index >= 15 is 0 Å². The highest BCUT2D eigenvalue weighted by atomic mass is 32.1. The predicted octanol–water partition coefficient (Wildman–Crippen LogP) is 3.44. The zero-order valence-electron chi connectivity index (χ0n) is 13.3. The number of anilines is 2. The van der Waals surface area contributed by atoms with Crippen LogP contribution in [-0.4, -0.2) is 23.1 Å². The average Bonchev–Trinajstić information content (AvgIpc) is 3.00. The molecule has 2 aromatic rings. The maximum Gasteiger partial charge on any atom is 0.416 e. The van der Waals surface area contributed by atoms with E-state index in [1.54, 1.807) is 12.4 Å². The maximum atomic E-state index is 12.9. The Kier molecular flexibility index (Phi) is 5.96. The number of hydrogen-bond acceptors (Lipinski definition) is 4. The molecule has 5 nitrogen and oxygen atoms in total. The van der Waals surface area contributed by atoms with Gasteiger partial charge in [0.15, 0.2) is 10.2 Å². The van der Waals surface area contributed by atoms with E-state index in [-0.39, 0.29) is 5.69 Å². The van der Waals surface area contributed by atoms with Crippen molar-refractivity contribution < 1.29 is 18.0 Å². The van der Waals surface area contributed by atoms with Crippen molar-refractivity contribution in [1.29, 1.82) is 0 Å². The fraction of sp³-hybridized carbons (Fsp3) is 0.267. The van der Waals surface area contributed by atoms with Crippen LogP contribution in [0.3, 0.4) is 0 Å². The normalized spacial score (nSPS) is 11.1. The molecule has 0 aliphatic rings. The van der Waals surface area contributed by atoms with Crippen molar-refractivity contribution in [1.82, 2.24) is 15.6 Å². The monoisotopic (exact) mass is 388 g/mol. The summed E-state index contributed by atoms with van der Waals surface area (Å²) in [6.07, 6.45) is -4.49. The molecule has 1 heterocycles. The number of amides is 1. The van der Waals surface area contributed by atoms with Gasteiger partial charge in [-0.1, -0.05) is 6.07 Å². The van der Waals surface area contributed by atoms with Crippen LogP contribution in [0.1, 0.15) is 18.2 Å². The molecule has 1 amide bonds. The largest absolute Gasteiger partial charge is 0.416 e. The van der Waals surface area contributed by atoms with Crippen molar-refractivity contribution in [2.24, 2.45) is 0 Å². The molecule has 0 aliphatic heterocycles. The Morgan fingerprint density at radius 1 is 1.40 bits per heavy atom. The molecule has 25 heavy (non-hydrogen) atoms. The second-order valence-electron chi connectivity index (χ2n) is 4.96. The van der Waals surface area contributed by atoms with E-state index in [2.05, 4.69) is 15.6 Å². The smallest absolute Gasteiger partial charge is 0.366 e. The van der Waals surface area contributed by atoms with E-state index in [1.807, 2.05) is 0 Å². The highest BCUT2D eigenvalue weighted by Crippen LogP contribution is 2.34. The third kappa shape index (κ3) is 4.89. The van der Waals surface area contributed by atoms with Gasteiger partial charge in [0.05, 0.1) is 23.5 Å². The van der Waals surface area contributed by atoms with Gasteiger partial charge >= 0.3 is 6.18 Å². The van der Waals surface area contributed by atoms with E-state index in [9.17, 15) is 18.0 Å². The molecule has 0 radical (unpaired) electrons. The molecular formula is C15H15F3N4OS2. The number of halogens is 3. The lowest BCUT2D eigenvalue weighted by Gasteiger charge is -2.19. The molecule has 10 heteroatoms. The standard InChI is InChI=1S/C15H15F3N4OS2/c1-9(23)22(12-5-3-4-10(6-12)15(16,17)18)14-21-11(8-25-14)7-20-13(24)19-2/h3-6,8H,7H2,1-2H3,(H2,19,20,24). The van der Waals surface area contributed by atoms with Crippen molar-refractivity contribution in [3.63, 3.8) is 0 Å². The lowest BCUT2D eigenvalue weighted by atomic mass is 10.2. The highest BCUT2D eigenvalue weighted by Gasteiger charge is 2.31. The van der Waals surface area contributed by atoms with Gasteiger partial charge in [-0.15, -0.1) is 11.3 Å². The quantitative estimate of drug-likeness (QED) is 0.786. The first kappa shape index (κ1) is 19.1. The summed E-state index contributed by atoms with van der Waals surface area (Å²) in [5, 5.41) is 8.11. The molecular weight excluding hydrogens is 373 g/mol. The number of carbonyl (C=O) groups is 1. The molecule has 0 spiro atoms. The number of nitrogens with zero attached hydrogens (tertiary/aromatic N) is 2. The van der Waals surface area contributed by atoms with Crippen LogP contribution in [0.4, 0.5) is 24.0 Å². The Balaban J connectivity index is 2.29. The van der Waals surface area contributed by atoms with Gasteiger partial charge in [-0.3, -0.25) is 9.69 Å². The molecule has 0 unspecified atom stereocenters. The summed E-state index contributed by atoms with van der Waals surface area (Å²) in [6, 6.07) is 4.58. The van der Waals surface area contributed by atoms with Gasteiger partial charge in [0.2, 0.25) is 5.91 Å². The van der Waals surface area contributed by atoms with Crippen LogP contribution in [0.15, 0.2) is 29.6 Å². The lowest BCUT2D eigenvalue weighted by molar-refractivity contribution is -0.137. The summed E-state index contributed by atoms with van der Waals surface area (Å²) in [6.45, 7) is 1.61. The maximum absolute atomic E-state index is 12.9. The van der Waals surface area contributed by atoms with Gasteiger partial charge in [-0.05, 0) is 30.4 Å². The van der Waals surface area contributed by atoms with E-state index in [4.69, 9.17) is 12.2 Å². The average molecular weight is 388 g/mol. The Morgan fingerprint density at radius 3 is 2.72 bits per heavy atom. The Bertz CT molecular complexity index is 776. The zero-order chi connectivity index (χ0) is 18.6. The number of hydrogen-bond donors (Lipinski definition) is 2. The van der Waals surface area contributed by atoms with Gasteiger partial charge < -0.3 is 10.6 Å². The first-order chi connectivity index (χ1) is 11.7. The fourth-order valence-electron chi connectivity index (χ4n) is 1.99. The zero-order valence-corrected chi connectivity index (χ0v) is 15.0. The molecule has 2 N–H and O–H groups in total. The fourth-order valence-corrected chi connectivity index (χ4v) is 2.95. The molecule has 2 rings (SSSR count). The molecule has 1 aromatic heterocycles. The summed E-state index contributed by atoms with van der Waals surface area (Å²) in [5.41, 5.74) is -0.0909. The Labute approximate surface area is 151 Å². The van der Waals surface area contributed by atoms with Crippen LogP contribution in [0.2, 0.25) is 0 Å². The van der Waals surface area contributed by atoms with Crippen LogP contribution in [0.25, 0.3) is 0 Å². The Hall–Kier alpha value is -2.20. The third-order valence-electron chi connectivity index (χ3n) is 3.13. The molecule has 0 saturated carbocycles. The lowest BCUT2D eigenvalue weighted by Crippen LogP contribution is -2.32. The number of rotatable bonds is 4. The number of thiazole rings is 1. The third-order valence-corrected chi connectivity index (χ3v) is 4.36. The number of thiocarbonyl (C=S) groups is 1. The first-order valence-corrected chi connectivity index (χ1v) is 8.39. The molecule has 134 valence electrons. The SMILES string of the molecule is CNC(=S)NCc1csc(N(C(C)=O)c2cccc(C(F)(F)F)c2)n1. The number of alkyl halides is 3. The highest BCUT2D eigenvalue weighted by molar-refractivity contribution is 7.80. The van der Waals surface area contributed by atoms with E-state index < -0.39 is 17.6 Å². The molecule has 0 aliphatic carbocycles. The van der Waals surface area contributed by atoms with Crippen LogP contribution < -0.4 is 15.5 Å². The second kappa shape index (κ2) is 7.79. The van der Waals surface area contributed by atoms with Gasteiger partial charge in [0.1, 0.15) is 0 Å². The molecule has 0 atom stereocenters. The van der Waals surface area contributed by atoms with Gasteiger partial charge in [-0.2, -0.15) is 13.2 Å². The van der Waals surface area contributed by atoms with E-state index in [1.165, 1.54) is 19.1 Å². The van der Waals surface area contributed by atoms with Crippen LogP contribution in [-0.2, 0) is 17.5 Å². The molecule has 1 aromatic carbocycles. The van der Waals surface area contributed by atoms with Crippen molar-refractivity contribution in [3.8, 4) is 0 Å². The number of aromatic nitrogens is 1. The first-order valence-electron chi connectivity index (χ1n) is 7.10. The van der Waals surface area contributed by atoms with Gasteiger partial charge in [-0.25, -0.2) is 4.98 Å². The topological polar surface area (TPSA) is 57.3 Å². The minimum atomic E-state index is -4.49. The van der Waals surface area contributed by atoms with Crippen LogP contribution in [0.5, 0.6) is 0 Å². The molecule has 0 bridgehead atoms. The Morgan fingerprint density at radius 2 is 2.12 bits per heavy atom. The number of benzene rings is 1. The summed E-state index contributed by atoms with van der Waals surface area (Å²) >= 11 is 6.12. The van der Waals surface area contributed by atoms with Gasteiger partial charge in [0.25, 0.3) is 0 Å². The van der Waals surface area contributed by atoms with Crippen molar-refractivity contribution >= 4 is 45.4 Å². The number of carbonyl (C=O) groups excluding carboxylic acids is 1. The minimum absolute atomic E-state index is 0.113. The van der Waals surface area contributed by atoms with Crippen LogP contribution in [0, 0.1) is 0 Å². The predicted molar refractivity (Wildman–Crippen MR) is 94.9 cm³/mol. The molecule has 0 saturated heterocycles. The van der Waals surface area contributed by atoms with Crippen LogP contribution >= 0.6 is 23.6 Å².